The van der Waals surface area contributed by atoms with Crippen molar-refractivity contribution in [2.24, 2.45) is 0 Å². The first kappa shape index (κ1) is 22.2. The molecule has 2 aromatic heterocycles. The van der Waals surface area contributed by atoms with E-state index in [1.807, 2.05) is 5.32 Å². The van der Waals surface area contributed by atoms with Crippen molar-refractivity contribution >= 4 is 34.3 Å². The molecule has 29 heavy (non-hydrogen) atoms. The second kappa shape index (κ2) is 8.51. The zero-order valence-corrected chi connectivity index (χ0v) is 16.2. The van der Waals surface area contributed by atoms with Gasteiger partial charge in [0.25, 0.3) is 5.91 Å². The minimum absolute atomic E-state index is 0.0484. The highest BCUT2D eigenvalue weighted by molar-refractivity contribution is 7.17. The molecule has 0 radical (unpaired) electrons. The van der Waals surface area contributed by atoms with Crippen molar-refractivity contribution in [3.63, 3.8) is 0 Å². The molecule has 9 nitrogen and oxygen atoms in total. The summed E-state index contributed by atoms with van der Waals surface area (Å²) in [5, 5.41) is 2.96. The topological polar surface area (TPSA) is 120 Å². The smallest absolute Gasteiger partial charge is 0.442 e. The van der Waals surface area contributed by atoms with Crippen LogP contribution >= 0.6 is 11.3 Å². The fourth-order valence-corrected chi connectivity index (χ4v) is 3.10. The van der Waals surface area contributed by atoms with Crippen LogP contribution in [0.4, 0.5) is 18.3 Å². The van der Waals surface area contributed by atoms with Crippen molar-refractivity contribution in [3.8, 4) is 0 Å². The summed E-state index contributed by atoms with van der Waals surface area (Å²) >= 11 is 0.524. The molecule has 2 heterocycles. The molecule has 0 saturated heterocycles. The number of esters is 2. The molecule has 1 atom stereocenters. The van der Waals surface area contributed by atoms with Gasteiger partial charge in [0, 0.05) is 0 Å². The lowest BCUT2D eigenvalue weighted by Gasteiger charge is -2.33. The fourth-order valence-electron chi connectivity index (χ4n) is 2.18. The van der Waals surface area contributed by atoms with Gasteiger partial charge in [0.2, 0.25) is 0 Å². The van der Waals surface area contributed by atoms with Gasteiger partial charge in [-0.05, 0) is 26.0 Å². The highest BCUT2D eigenvalue weighted by Gasteiger charge is 2.64. The first-order valence-corrected chi connectivity index (χ1v) is 8.81. The highest BCUT2D eigenvalue weighted by Crippen LogP contribution is 2.35. The Morgan fingerprint density at radius 1 is 1.31 bits per heavy atom. The molecule has 0 aliphatic rings. The van der Waals surface area contributed by atoms with Gasteiger partial charge in [0.05, 0.1) is 25.7 Å². The Morgan fingerprint density at radius 3 is 2.52 bits per heavy atom. The Kier molecular flexibility index (Phi) is 6.51. The minimum Gasteiger partial charge on any atom is -0.466 e. The maximum Gasteiger partial charge on any atom is 0.442 e. The molecule has 0 unspecified atom stereocenters. The Bertz CT molecular complexity index is 896. The van der Waals surface area contributed by atoms with Gasteiger partial charge in [-0.3, -0.25) is 4.79 Å². The lowest BCUT2D eigenvalue weighted by Crippen LogP contribution is -2.69. The number of nitrogens with one attached hydrogen (secondary N) is 2. The zero-order chi connectivity index (χ0) is 21.8. The van der Waals surface area contributed by atoms with Gasteiger partial charge < -0.3 is 24.5 Å². The van der Waals surface area contributed by atoms with E-state index in [0.29, 0.717) is 11.3 Å². The third-order valence-electron chi connectivity index (χ3n) is 3.51. The van der Waals surface area contributed by atoms with Gasteiger partial charge in [-0.2, -0.15) is 13.2 Å². The molecule has 2 rings (SSSR count). The summed E-state index contributed by atoms with van der Waals surface area (Å²) in [7, 11) is 0.723. The zero-order valence-electron chi connectivity index (χ0n) is 15.4. The number of halogens is 3. The van der Waals surface area contributed by atoms with Crippen LogP contribution in [0.3, 0.4) is 0 Å². The quantitative estimate of drug-likeness (QED) is 0.503. The number of aryl methyl sites for hydroxylation is 1. The van der Waals surface area contributed by atoms with Crippen LogP contribution in [0.1, 0.15) is 32.8 Å². The molecule has 1 amide bonds. The number of ether oxygens (including phenoxy) is 2. The van der Waals surface area contributed by atoms with E-state index in [9.17, 15) is 27.6 Å². The van der Waals surface area contributed by atoms with Crippen molar-refractivity contribution in [2.45, 2.75) is 25.7 Å². The third-order valence-corrected chi connectivity index (χ3v) is 4.57. The summed E-state index contributed by atoms with van der Waals surface area (Å²) in [5.74, 6) is -4.43. The summed E-state index contributed by atoms with van der Waals surface area (Å²) < 4.78 is 55.7. The molecule has 0 fully saturated rings. The second-order valence-electron chi connectivity index (χ2n) is 5.45. The van der Waals surface area contributed by atoms with Crippen LogP contribution in [0.25, 0.3) is 0 Å². The molecule has 0 aliphatic heterocycles. The lowest BCUT2D eigenvalue weighted by atomic mass is 10.1. The van der Waals surface area contributed by atoms with E-state index in [1.54, 1.807) is 12.2 Å². The second-order valence-corrected chi connectivity index (χ2v) is 6.45. The molecule has 2 N–H and O–H groups in total. The van der Waals surface area contributed by atoms with Crippen molar-refractivity contribution in [3.05, 3.63) is 34.7 Å². The van der Waals surface area contributed by atoms with Crippen LogP contribution in [-0.4, -0.2) is 48.4 Å². The van der Waals surface area contributed by atoms with E-state index >= 15 is 0 Å². The van der Waals surface area contributed by atoms with Crippen molar-refractivity contribution < 1.29 is 41.4 Å². The van der Waals surface area contributed by atoms with Gasteiger partial charge in [0.15, 0.2) is 10.9 Å². The van der Waals surface area contributed by atoms with E-state index in [4.69, 9.17) is 9.15 Å². The molecule has 0 spiro atoms. The normalized spacial score (nSPS) is 13.3. The number of carbonyl (C=O) groups excluding carboxylic acids is 3. The summed E-state index contributed by atoms with van der Waals surface area (Å²) in [5.41, 5.74) is -3.61. The molecular weight excluding hydrogens is 419 g/mol. The number of carbonyl (C=O) groups is 3. The predicted molar refractivity (Wildman–Crippen MR) is 93.4 cm³/mol. The average Bonchev–Trinajstić information content (AvgIpc) is 3.29. The molecule has 158 valence electrons. The summed E-state index contributed by atoms with van der Waals surface area (Å²) in [4.78, 5) is 40.0. The number of methoxy groups -OCH3 is 1. The van der Waals surface area contributed by atoms with Crippen LogP contribution < -0.4 is 10.6 Å². The minimum atomic E-state index is -5.36. The number of hydrogen-bond donors (Lipinski definition) is 2. The Balaban J connectivity index is 2.47. The van der Waals surface area contributed by atoms with Crippen LogP contribution in [0.2, 0.25) is 0 Å². The SMILES string of the molecule is CCOC(=O)c1sc(N[C@@](NC(=O)c2ccco2)(C(=O)OC)C(F)(F)F)nc1C. The maximum absolute atomic E-state index is 14.0. The summed E-state index contributed by atoms with van der Waals surface area (Å²) in [6.07, 6.45) is -4.28. The number of nitrogens with zero attached hydrogens (tertiary/aromatic N) is 1. The van der Waals surface area contributed by atoms with E-state index in [2.05, 4.69) is 9.72 Å². The summed E-state index contributed by atoms with van der Waals surface area (Å²) in [6.45, 7) is 2.99. The van der Waals surface area contributed by atoms with Gasteiger partial charge in [-0.15, -0.1) is 0 Å². The fraction of sp³-hybridized carbons (Fsp3) is 0.375. The monoisotopic (exact) mass is 435 g/mol. The number of aromatic nitrogens is 1. The number of hydrogen-bond acceptors (Lipinski definition) is 9. The van der Waals surface area contributed by atoms with E-state index in [-0.39, 0.29) is 17.2 Å². The van der Waals surface area contributed by atoms with Gasteiger partial charge in [-0.1, -0.05) is 11.3 Å². The van der Waals surface area contributed by atoms with Crippen LogP contribution in [0.15, 0.2) is 22.8 Å². The number of amides is 1. The molecule has 0 aromatic carbocycles. The Hall–Kier alpha value is -3.09. The number of furan rings is 1. The number of anilines is 1. The molecule has 2 aromatic rings. The number of thiazole rings is 1. The molecule has 13 heteroatoms. The highest BCUT2D eigenvalue weighted by atomic mass is 32.1. The largest absolute Gasteiger partial charge is 0.466 e. The first-order chi connectivity index (χ1) is 13.6. The predicted octanol–water partition coefficient (Wildman–Crippen LogP) is 2.49. The third kappa shape index (κ3) is 4.50. The van der Waals surface area contributed by atoms with E-state index in [0.717, 1.165) is 19.4 Å². The van der Waals surface area contributed by atoms with Crippen LogP contribution in [0, 0.1) is 6.92 Å². The van der Waals surface area contributed by atoms with Crippen molar-refractivity contribution in [1.29, 1.82) is 0 Å². The van der Waals surface area contributed by atoms with Crippen LogP contribution in [-0.2, 0) is 14.3 Å². The Morgan fingerprint density at radius 2 is 2.00 bits per heavy atom. The average molecular weight is 435 g/mol. The molecule has 0 aliphatic carbocycles. The molecular formula is C16H16F3N3O6S. The Labute approximate surface area is 166 Å². The van der Waals surface area contributed by atoms with E-state index in [1.165, 1.54) is 13.0 Å². The van der Waals surface area contributed by atoms with Crippen molar-refractivity contribution in [1.82, 2.24) is 10.3 Å². The number of alkyl halides is 3. The number of rotatable bonds is 7. The lowest BCUT2D eigenvalue weighted by molar-refractivity contribution is -0.203. The molecule has 0 saturated carbocycles. The van der Waals surface area contributed by atoms with Crippen molar-refractivity contribution in [2.75, 3.05) is 19.0 Å². The van der Waals surface area contributed by atoms with Crippen LogP contribution in [0.5, 0.6) is 0 Å². The molecule has 0 bridgehead atoms. The standard InChI is InChI=1S/C16H16F3N3O6S/c1-4-27-12(24)10-8(2)20-14(29-10)22-15(13(25)26-3,16(17,18)19)21-11(23)9-6-5-7-28-9/h5-7H,4H2,1-3H3,(H,20,22)(H,21,23)/t15-/m0/s1. The van der Waals surface area contributed by atoms with Gasteiger partial charge >= 0.3 is 23.8 Å². The van der Waals surface area contributed by atoms with Gasteiger partial charge in [-0.25, -0.2) is 14.6 Å². The summed E-state index contributed by atoms with van der Waals surface area (Å²) in [6, 6.07) is 2.39. The first-order valence-electron chi connectivity index (χ1n) is 7.99. The maximum atomic E-state index is 14.0. The van der Waals surface area contributed by atoms with Gasteiger partial charge in [0.1, 0.15) is 4.88 Å². The van der Waals surface area contributed by atoms with E-state index < -0.39 is 40.6 Å².